The molecule has 196 valence electrons. The van der Waals surface area contributed by atoms with Gasteiger partial charge in [-0.25, -0.2) is 0 Å². The van der Waals surface area contributed by atoms with E-state index in [1.807, 2.05) is 91.9 Å². The van der Waals surface area contributed by atoms with Crippen LogP contribution in [0.25, 0.3) is 17.2 Å². The first-order chi connectivity index (χ1) is 19.1. The minimum Gasteiger partial charge on any atom is -0.496 e. The van der Waals surface area contributed by atoms with Gasteiger partial charge in [-0.3, -0.25) is 9.69 Å². The maximum Gasteiger partial charge on any atom is 0.281 e. The molecule has 1 heterocycles. The third kappa shape index (κ3) is 5.94. The molecule has 1 fully saturated rings. The van der Waals surface area contributed by atoms with Crippen LogP contribution in [-0.2, 0) is 11.4 Å². The summed E-state index contributed by atoms with van der Waals surface area (Å²) in [4.78, 5) is 14.7. The fourth-order valence-electron chi connectivity index (χ4n) is 4.33. The number of carbonyl (C=O) groups excluding carboxylic acids is 1. The van der Waals surface area contributed by atoms with Gasteiger partial charge in [-0.2, -0.15) is 0 Å². The summed E-state index contributed by atoms with van der Waals surface area (Å²) in [6.45, 7) is 2.81. The predicted molar refractivity (Wildman–Crippen MR) is 158 cm³/mol. The van der Waals surface area contributed by atoms with Gasteiger partial charge in [0.05, 0.1) is 19.4 Å². The smallest absolute Gasteiger partial charge is 0.281 e. The number of rotatable bonds is 9. The van der Waals surface area contributed by atoms with E-state index in [0.717, 1.165) is 33.8 Å². The van der Waals surface area contributed by atoms with Crippen LogP contribution in [0.2, 0.25) is 0 Å². The van der Waals surface area contributed by atoms with Crippen molar-refractivity contribution in [1.29, 1.82) is 0 Å². The Hall–Kier alpha value is -4.62. The Morgan fingerprint density at radius 1 is 0.846 bits per heavy atom. The number of methoxy groups -OCH3 is 1. The van der Waals surface area contributed by atoms with Crippen molar-refractivity contribution in [2.24, 2.45) is 0 Å². The SMILES string of the molecule is CCOc1ccc(N2C(=O)/C(=C\c3ccc(OC)c(COc4ccc(-c5ccccc5)cc4)c3)NC2=S)cc1. The number of nitrogens with zero attached hydrogens (tertiary/aromatic N) is 1. The molecule has 0 radical (unpaired) electrons. The monoisotopic (exact) mass is 536 g/mol. The second kappa shape index (κ2) is 11.8. The molecule has 7 heteroatoms. The number of hydrogen-bond acceptors (Lipinski definition) is 5. The number of carbonyl (C=O) groups is 1. The molecule has 0 atom stereocenters. The minimum atomic E-state index is -0.226. The highest BCUT2D eigenvalue weighted by atomic mass is 32.1. The molecule has 0 aliphatic carbocycles. The fraction of sp³-hybridized carbons (Fsp3) is 0.125. The molecule has 1 aliphatic heterocycles. The van der Waals surface area contributed by atoms with Crippen molar-refractivity contribution in [2.75, 3.05) is 18.6 Å². The van der Waals surface area contributed by atoms with Gasteiger partial charge in [0.2, 0.25) is 0 Å². The lowest BCUT2D eigenvalue weighted by atomic mass is 10.1. The Balaban J connectivity index is 1.30. The minimum absolute atomic E-state index is 0.226. The number of benzene rings is 4. The van der Waals surface area contributed by atoms with Gasteiger partial charge < -0.3 is 19.5 Å². The van der Waals surface area contributed by atoms with Crippen molar-refractivity contribution >= 4 is 35.0 Å². The molecule has 4 aromatic carbocycles. The predicted octanol–water partition coefficient (Wildman–Crippen LogP) is 6.60. The zero-order chi connectivity index (χ0) is 27.2. The summed E-state index contributed by atoms with van der Waals surface area (Å²) in [5.41, 5.74) is 5.02. The van der Waals surface area contributed by atoms with Crippen molar-refractivity contribution < 1.29 is 19.0 Å². The highest BCUT2D eigenvalue weighted by Crippen LogP contribution is 2.28. The zero-order valence-electron chi connectivity index (χ0n) is 21.7. The number of thiocarbonyl (C=S) groups is 1. The molecule has 1 saturated heterocycles. The number of hydrogen-bond donors (Lipinski definition) is 1. The lowest BCUT2D eigenvalue weighted by Crippen LogP contribution is -2.30. The van der Waals surface area contributed by atoms with Crippen molar-refractivity contribution in [3.63, 3.8) is 0 Å². The second-order valence-electron chi connectivity index (χ2n) is 8.81. The van der Waals surface area contributed by atoms with E-state index < -0.39 is 0 Å². The molecular formula is C32H28N2O4S. The summed E-state index contributed by atoms with van der Waals surface area (Å²) in [5.74, 6) is 1.97. The Kier molecular flexibility index (Phi) is 7.89. The van der Waals surface area contributed by atoms with Crippen LogP contribution in [0.3, 0.4) is 0 Å². The Labute approximate surface area is 233 Å². The molecule has 4 aromatic rings. The van der Waals surface area contributed by atoms with E-state index in [4.69, 9.17) is 26.4 Å². The van der Waals surface area contributed by atoms with E-state index in [1.54, 1.807) is 13.2 Å². The molecule has 1 amide bonds. The first-order valence-electron chi connectivity index (χ1n) is 12.6. The summed E-state index contributed by atoms with van der Waals surface area (Å²) in [5, 5.41) is 3.37. The van der Waals surface area contributed by atoms with Crippen LogP contribution in [0.15, 0.2) is 103 Å². The first-order valence-corrected chi connectivity index (χ1v) is 13.0. The Bertz CT molecular complexity index is 1500. The van der Waals surface area contributed by atoms with Crippen LogP contribution in [0.1, 0.15) is 18.1 Å². The highest BCUT2D eigenvalue weighted by Gasteiger charge is 2.32. The van der Waals surface area contributed by atoms with Gasteiger partial charge in [0.1, 0.15) is 29.6 Å². The van der Waals surface area contributed by atoms with Gasteiger partial charge >= 0.3 is 0 Å². The molecule has 0 spiro atoms. The topological polar surface area (TPSA) is 60.0 Å². The normalized spacial score (nSPS) is 13.9. The zero-order valence-corrected chi connectivity index (χ0v) is 22.5. The van der Waals surface area contributed by atoms with Gasteiger partial charge in [-0.15, -0.1) is 0 Å². The lowest BCUT2D eigenvalue weighted by Gasteiger charge is -2.14. The average Bonchev–Trinajstić information content (AvgIpc) is 3.25. The molecule has 0 saturated carbocycles. The molecule has 1 N–H and O–H groups in total. The van der Waals surface area contributed by atoms with Crippen LogP contribution in [0.4, 0.5) is 5.69 Å². The molecule has 0 aromatic heterocycles. The molecule has 1 aliphatic rings. The van der Waals surface area contributed by atoms with Gasteiger partial charge in [0.25, 0.3) is 5.91 Å². The summed E-state index contributed by atoms with van der Waals surface area (Å²) in [6.07, 6.45) is 1.78. The van der Waals surface area contributed by atoms with Crippen LogP contribution in [0, 0.1) is 0 Å². The van der Waals surface area contributed by atoms with Crippen LogP contribution in [0.5, 0.6) is 17.2 Å². The van der Waals surface area contributed by atoms with Crippen LogP contribution < -0.4 is 24.4 Å². The van der Waals surface area contributed by atoms with Gasteiger partial charge in [-0.05, 0) is 90.4 Å². The number of anilines is 1. The van der Waals surface area contributed by atoms with Crippen LogP contribution in [-0.4, -0.2) is 24.7 Å². The van der Waals surface area contributed by atoms with E-state index >= 15 is 0 Å². The standard InChI is InChI=1S/C32H28N2O4S/c1-3-37-27-16-12-26(13-17-27)34-31(35)29(33-32(34)39)20-22-9-18-30(36-2)25(19-22)21-38-28-14-10-24(11-15-28)23-7-5-4-6-8-23/h4-20H,3,21H2,1-2H3,(H,33,39)/b29-20+. The van der Waals surface area contributed by atoms with Crippen molar-refractivity contribution in [2.45, 2.75) is 13.5 Å². The summed E-state index contributed by atoms with van der Waals surface area (Å²) >= 11 is 5.46. The van der Waals surface area contributed by atoms with E-state index in [9.17, 15) is 4.79 Å². The maximum atomic E-state index is 13.2. The van der Waals surface area contributed by atoms with Crippen molar-refractivity contribution in [3.05, 3.63) is 114 Å². The maximum absolute atomic E-state index is 13.2. The molecule has 6 nitrogen and oxygen atoms in total. The summed E-state index contributed by atoms with van der Waals surface area (Å²) in [6, 6.07) is 31.2. The fourth-order valence-corrected chi connectivity index (χ4v) is 4.63. The van der Waals surface area contributed by atoms with E-state index in [0.29, 0.717) is 35.5 Å². The lowest BCUT2D eigenvalue weighted by molar-refractivity contribution is -0.113. The Morgan fingerprint density at radius 2 is 1.51 bits per heavy atom. The number of nitrogens with one attached hydrogen (secondary N) is 1. The van der Waals surface area contributed by atoms with Crippen molar-refractivity contribution in [3.8, 4) is 28.4 Å². The molecule has 0 unspecified atom stereocenters. The summed E-state index contributed by atoms with van der Waals surface area (Å²) < 4.78 is 17.1. The molecule has 0 bridgehead atoms. The van der Waals surface area contributed by atoms with Gasteiger partial charge in [-0.1, -0.05) is 48.5 Å². The van der Waals surface area contributed by atoms with Crippen molar-refractivity contribution in [1.82, 2.24) is 5.32 Å². The Morgan fingerprint density at radius 3 is 2.21 bits per heavy atom. The van der Waals surface area contributed by atoms with E-state index in [1.165, 1.54) is 4.90 Å². The second-order valence-corrected chi connectivity index (χ2v) is 9.19. The number of ether oxygens (including phenoxy) is 3. The molecule has 39 heavy (non-hydrogen) atoms. The largest absolute Gasteiger partial charge is 0.496 e. The van der Waals surface area contributed by atoms with Crippen LogP contribution >= 0.6 is 12.2 Å². The molecular weight excluding hydrogens is 508 g/mol. The number of amides is 1. The molecule has 5 rings (SSSR count). The van der Waals surface area contributed by atoms with E-state index in [-0.39, 0.29) is 5.91 Å². The van der Waals surface area contributed by atoms with E-state index in [2.05, 4.69) is 17.4 Å². The average molecular weight is 537 g/mol. The highest BCUT2D eigenvalue weighted by molar-refractivity contribution is 7.80. The third-order valence-corrected chi connectivity index (χ3v) is 6.54. The van der Waals surface area contributed by atoms with Gasteiger partial charge in [0, 0.05) is 5.56 Å². The van der Waals surface area contributed by atoms with Gasteiger partial charge in [0.15, 0.2) is 5.11 Å². The summed E-state index contributed by atoms with van der Waals surface area (Å²) in [7, 11) is 1.63. The third-order valence-electron chi connectivity index (χ3n) is 6.26. The first kappa shape index (κ1) is 26.0. The quantitative estimate of drug-likeness (QED) is 0.192.